The summed E-state index contributed by atoms with van der Waals surface area (Å²) < 4.78 is 23.8. The third-order valence-corrected chi connectivity index (χ3v) is 6.04. The van der Waals surface area contributed by atoms with Crippen LogP contribution in [-0.4, -0.2) is 59.1 Å². The predicted molar refractivity (Wildman–Crippen MR) is 116 cm³/mol. The third-order valence-electron chi connectivity index (χ3n) is 5.85. The number of amides is 1. The molecule has 2 fully saturated rings. The van der Waals surface area contributed by atoms with Gasteiger partial charge in [-0.1, -0.05) is 11.6 Å². The molecule has 7 nitrogen and oxygen atoms in total. The van der Waals surface area contributed by atoms with Crippen molar-refractivity contribution in [3.8, 4) is 0 Å². The second-order valence-electron chi connectivity index (χ2n) is 9.94. The Morgan fingerprint density at radius 1 is 1.23 bits per heavy atom. The fourth-order valence-corrected chi connectivity index (χ4v) is 3.75. The van der Waals surface area contributed by atoms with Gasteiger partial charge in [-0.2, -0.15) is 0 Å². The van der Waals surface area contributed by atoms with Crippen molar-refractivity contribution in [2.75, 3.05) is 13.2 Å². The Labute approximate surface area is 184 Å². The van der Waals surface area contributed by atoms with Gasteiger partial charge in [-0.3, -0.25) is 0 Å². The van der Waals surface area contributed by atoms with Crippen LogP contribution in [0.1, 0.15) is 67.1 Å². The van der Waals surface area contributed by atoms with Gasteiger partial charge >= 0.3 is 13.2 Å². The minimum Gasteiger partial charge on any atom is -0.444 e. The summed E-state index contributed by atoms with van der Waals surface area (Å²) in [5.41, 5.74) is -0.121. The van der Waals surface area contributed by atoms with Gasteiger partial charge in [0.05, 0.1) is 29.4 Å². The van der Waals surface area contributed by atoms with Crippen molar-refractivity contribution in [3.05, 3.63) is 22.8 Å². The lowest BCUT2D eigenvalue weighted by Crippen LogP contribution is -2.50. The molecule has 9 heteroatoms. The van der Waals surface area contributed by atoms with Crippen LogP contribution in [0.3, 0.4) is 0 Å². The third kappa shape index (κ3) is 4.77. The first-order valence-corrected chi connectivity index (χ1v) is 10.7. The number of aromatic nitrogens is 1. The average Bonchev–Trinajstić information content (AvgIpc) is 2.80. The Kier molecular flexibility index (Phi) is 6.19. The highest BCUT2D eigenvalue weighted by Gasteiger charge is 2.52. The molecule has 1 amide bonds. The molecule has 166 valence electrons. The van der Waals surface area contributed by atoms with E-state index in [1.807, 2.05) is 61.5 Å². The number of morpholine rings is 1. The maximum atomic E-state index is 12.7. The van der Waals surface area contributed by atoms with Gasteiger partial charge < -0.3 is 23.7 Å². The molecule has 2 aliphatic heterocycles. The van der Waals surface area contributed by atoms with E-state index in [1.165, 1.54) is 0 Å². The van der Waals surface area contributed by atoms with Crippen LogP contribution in [-0.2, 0) is 18.8 Å². The molecule has 0 saturated carbocycles. The number of hydrogen-bond donors (Lipinski definition) is 0. The zero-order valence-corrected chi connectivity index (χ0v) is 19.9. The fraction of sp³-hybridized carbons (Fsp3) is 0.714. The SMILES string of the molecule is CC1C(c2cc(Cl)nc(B3OC(C)(C)C(C)(C)O3)c2)OCCN1C(=O)OC(C)(C)C. The summed E-state index contributed by atoms with van der Waals surface area (Å²) in [6.07, 6.45) is -0.720. The van der Waals surface area contributed by atoms with Crippen molar-refractivity contribution in [3.63, 3.8) is 0 Å². The summed E-state index contributed by atoms with van der Waals surface area (Å²) in [5.74, 6) is 0. The quantitative estimate of drug-likeness (QED) is 0.517. The summed E-state index contributed by atoms with van der Waals surface area (Å²) >= 11 is 6.34. The van der Waals surface area contributed by atoms with Gasteiger partial charge in [-0.15, -0.1) is 0 Å². The summed E-state index contributed by atoms with van der Waals surface area (Å²) in [6.45, 7) is 16.3. The zero-order chi connectivity index (χ0) is 22.5. The van der Waals surface area contributed by atoms with Crippen LogP contribution in [0.15, 0.2) is 12.1 Å². The number of rotatable bonds is 2. The normalized spacial score (nSPS) is 26.0. The first-order valence-electron chi connectivity index (χ1n) is 10.3. The number of ether oxygens (including phenoxy) is 2. The number of carbonyl (C=O) groups excluding carboxylic acids is 1. The van der Waals surface area contributed by atoms with Gasteiger partial charge in [0.25, 0.3) is 0 Å². The second-order valence-corrected chi connectivity index (χ2v) is 10.3. The summed E-state index contributed by atoms with van der Waals surface area (Å²) in [7, 11) is -0.631. The van der Waals surface area contributed by atoms with Crippen LogP contribution in [0.25, 0.3) is 0 Å². The molecule has 3 rings (SSSR count). The minimum atomic E-state index is -0.631. The summed E-state index contributed by atoms with van der Waals surface area (Å²) in [5, 5.41) is 0.322. The van der Waals surface area contributed by atoms with E-state index < -0.39 is 23.9 Å². The molecule has 30 heavy (non-hydrogen) atoms. The molecule has 0 spiro atoms. The van der Waals surface area contributed by atoms with Gasteiger partial charge in [0.1, 0.15) is 16.9 Å². The van der Waals surface area contributed by atoms with E-state index in [2.05, 4.69) is 4.98 Å². The zero-order valence-electron chi connectivity index (χ0n) is 19.1. The molecule has 2 unspecified atom stereocenters. The molecule has 0 aromatic carbocycles. The average molecular weight is 439 g/mol. The Morgan fingerprint density at radius 3 is 2.40 bits per heavy atom. The van der Waals surface area contributed by atoms with E-state index in [-0.39, 0.29) is 18.2 Å². The van der Waals surface area contributed by atoms with Crippen LogP contribution in [0.2, 0.25) is 5.15 Å². The molecule has 1 aromatic rings. The van der Waals surface area contributed by atoms with E-state index in [0.29, 0.717) is 23.9 Å². The van der Waals surface area contributed by atoms with Crippen molar-refractivity contribution in [1.29, 1.82) is 0 Å². The molecule has 0 N–H and O–H groups in total. The van der Waals surface area contributed by atoms with E-state index in [9.17, 15) is 4.79 Å². The highest BCUT2D eigenvalue weighted by atomic mass is 35.5. The van der Waals surface area contributed by atoms with Crippen LogP contribution < -0.4 is 5.59 Å². The minimum absolute atomic E-state index is 0.238. The van der Waals surface area contributed by atoms with E-state index in [0.717, 1.165) is 5.56 Å². The lowest BCUT2D eigenvalue weighted by Gasteiger charge is -2.40. The number of nitrogens with zero attached hydrogens (tertiary/aromatic N) is 2. The van der Waals surface area contributed by atoms with Gasteiger partial charge in [0.2, 0.25) is 0 Å². The first-order chi connectivity index (χ1) is 13.7. The highest BCUT2D eigenvalue weighted by molar-refractivity contribution is 6.61. The van der Waals surface area contributed by atoms with E-state index in [4.69, 9.17) is 30.4 Å². The Hall–Kier alpha value is -1.35. The van der Waals surface area contributed by atoms with Crippen molar-refractivity contribution in [2.24, 2.45) is 0 Å². The molecule has 2 aliphatic rings. The number of pyridine rings is 1. The smallest absolute Gasteiger partial charge is 0.444 e. The van der Waals surface area contributed by atoms with Gasteiger partial charge in [-0.25, -0.2) is 9.78 Å². The molecular formula is C21H32BClN2O5. The largest absolute Gasteiger partial charge is 0.514 e. The lowest BCUT2D eigenvalue weighted by molar-refractivity contribution is -0.0723. The van der Waals surface area contributed by atoms with Gasteiger partial charge in [0, 0.05) is 6.54 Å². The van der Waals surface area contributed by atoms with Gasteiger partial charge in [0.15, 0.2) is 0 Å². The summed E-state index contributed by atoms with van der Waals surface area (Å²) in [6, 6.07) is 3.40. The predicted octanol–water partition coefficient (Wildman–Crippen LogP) is 3.73. The molecular weight excluding hydrogens is 407 g/mol. The monoisotopic (exact) mass is 438 g/mol. The van der Waals surface area contributed by atoms with E-state index in [1.54, 1.807) is 11.0 Å². The van der Waals surface area contributed by atoms with Crippen LogP contribution in [0.4, 0.5) is 4.79 Å². The fourth-order valence-electron chi connectivity index (χ4n) is 3.52. The van der Waals surface area contributed by atoms with Crippen molar-refractivity contribution in [1.82, 2.24) is 9.88 Å². The van der Waals surface area contributed by atoms with Gasteiger partial charge in [-0.05, 0) is 73.1 Å². The number of hydrogen-bond acceptors (Lipinski definition) is 6. The van der Waals surface area contributed by atoms with Crippen molar-refractivity contribution < 1.29 is 23.6 Å². The molecule has 1 aromatic heterocycles. The van der Waals surface area contributed by atoms with Crippen LogP contribution in [0, 0.1) is 0 Å². The first kappa shape index (κ1) is 23.3. The molecule has 2 atom stereocenters. The second kappa shape index (κ2) is 7.97. The number of halogens is 1. The number of carbonyl (C=O) groups is 1. The maximum Gasteiger partial charge on any atom is 0.514 e. The lowest BCUT2D eigenvalue weighted by atomic mass is 9.82. The Morgan fingerprint density at radius 2 is 1.83 bits per heavy atom. The maximum absolute atomic E-state index is 12.7. The van der Waals surface area contributed by atoms with Crippen LogP contribution in [0.5, 0.6) is 0 Å². The standard InChI is InChI=1S/C21H32BClN2O5/c1-13-17(27-10-9-25(13)18(26)28-19(2,3)4)14-11-15(24-16(23)12-14)22-29-20(5,6)21(7,8)30-22/h11-13,17H,9-10H2,1-8H3. The van der Waals surface area contributed by atoms with E-state index >= 15 is 0 Å². The Bertz CT molecular complexity index is 795. The Balaban J connectivity index is 1.85. The highest BCUT2D eigenvalue weighted by Crippen LogP contribution is 2.37. The molecule has 3 heterocycles. The molecule has 0 bridgehead atoms. The van der Waals surface area contributed by atoms with Crippen molar-refractivity contribution in [2.45, 2.75) is 84.3 Å². The summed E-state index contributed by atoms with van der Waals surface area (Å²) in [4.78, 5) is 18.8. The molecule has 0 aliphatic carbocycles. The molecule has 0 radical (unpaired) electrons. The topological polar surface area (TPSA) is 70.1 Å². The van der Waals surface area contributed by atoms with Crippen molar-refractivity contribution >= 4 is 30.4 Å². The molecule has 2 saturated heterocycles. The van der Waals surface area contributed by atoms with Crippen LogP contribution >= 0.6 is 11.6 Å².